The highest BCUT2D eigenvalue weighted by Crippen LogP contribution is 2.52. The average Bonchev–Trinajstić information content (AvgIpc) is 3.43. The molecule has 3 unspecified atom stereocenters. The van der Waals surface area contributed by atoms with Gasteiger partial charge in [0.05, 0.1) is 5.56 Å². The zero-order chi connectivity index (χ0) is 19.3. The maximum absolute atomic E-state index is 12.9. The molecule has 5 N–H and O–H groups in total. The van der Waals surface area contributed by atoms with Crippen molar-refractivity contribution in [1.82, 2.24) is 15.3 Å². The smallest absolute Gasteiger partial charge is 0.253 e. The maximum Gasteiger partial charge on any atom is 0.253 e. The monoisotopic (exact) mass is 382 g/mol. The number of nitrogens with one attached hydrogen (secondary N) is 2. The summed E-state index contributed by atoms with van der Waals surface area (Å²) in [5.74, 6) is 3.46. The number of carbonyl (C=O) groups is 1. The normalized spacial score (nSPS) is 32.1. The number of imidazole rings is 1. The third-order valence-electron chi connectivity index (χ3n) is 7.42. The molecule has 2 bridgehead atoms. The molecule has 5 rings (SSSR count). The number of nitrogens with two attached hydrogens (primary N) is 1. The molecule has 1 amide bonds. The highest BCUT2D eigenvalue weighted by molar-refractivity contribution is 6.06. The van der Waals surface area contributed by atoms with Crippen molar-refractivity contribution in [3.8, 4) is 5.75 Å². The van der Waals surface area contributed by atoms with Gasteiger partial charge in [0, 0.05) is 18.5 Å². The third-order valence-corrected chi connectivity index (χ3v) is 7.42. The van der Waals surface area contributed by atoms with Gasteiger partial charge in [-0.05, 0) is 74.8 Å². The van der Waals surface area contributed by atoms with Crippen LogP contribution in [0.4, 0.5) is 0 Å². The topological polar surface area (TPSA) is 104 Å². The quantitative estimate of drug-likeness (QED) is 0.650. The lowest BCUT2D eigenvalue weighted by atomic mass is 9.86. The second kappa shape index (κ2) is 7.07. The zero-order valence-corrected chi connectivity index (χ0v) is 16.3. The SMILES string of the molecule is NC1CCC(CNC(=O)c2ccc(O)c3[nH]c(C4CC5CCC4C5)nc23)CC1. The molecule has 0 radical (unpaired) electrons. The van der Waals surface area contributed by atoms with E-state index in [0.717, 1.165) is 37.4 Å². The van der Waals surface area contributed by atoms with E-state index < -0.39 is 0 Å². The van der Waals surface area contributed by atoms with Crippen LogP contribution in [-0.4, -0.2) is 33.6 Å². The predicted molar refractivity (Wildman–Crippen MR) is 108 cm³/mol. The van der Waals surface area contributed by atoms with E-state index in [1.54, 1.807) is 12.1 Å². The number of H-pyrrole nitrogens is 1. The standard InChI is InChI=1S/C22H30N4O2/c23-15-5-2-12(3-6-15)11-24-22(28)16-7-8-18(27)20-19(16)25-21(26-20)17-10-13-1-4-14(17)9-13/h7-8,12-15,17,27H,1-6,9-11,23H2,(H,24,28)(H,25,26). The van der Waals surface area contributed by atoms with Gasteiger partial charge >= 0.3 is 0 Å². The summed E-state index contributed by atoms with van der Waals surface area (Å²) in [5, 5.41) is 13.4. The molecule has 28 heavy (non-hydrogen) atoms. The van der Waals surface area contributed by atoms with Gasteiger partial charge in [0.2, 0.25) is 0 Å². The fourth-order valence-electron chi connectivity index (χ4n) is 5.76. The van der Waals surface area contributed by atoms with Crippen LogP contribution >= 0.6 is 0 Å². The maximum atomic E-state index is 12.9. The van der Waals surface area contributed by atoms with Gasteiger partial charge in [0.25, 0.3) is 5.91 Å². The highest BCUT2D eigenvalue weighted by Gasteiger charge is 2.41. The molecular weight excluding hydrogens is 352 g/mol. The van der Waals surface area contributed by atoms with Crippen molar-refractivity contribution in [3.63, 3.8) is 0 Å². The van der Waals surface area contributed by atoms with E-state index >= 15 is 0 Å². The van der Waals surface area contributed by atoms with Crippen LogP contribution < -0.4 is 11.1 Å². The average molecular weight is 383 g/mol. The van der Waals surface area contributed by atoms with E-state index in [2.05, 4.69) is 10.3 Å². The first-order chi connectivity index (χ1) is 13.6. The summed E-state index contributed by atoms with van der Waals surface area (Å²) in [4.78, 5) is 21.0. The Balaban J connectivity index is 1.35. The summed E-state index contributed by atoms with van der Waals surface area (Å²) in [6, 6.07) is 3.60. The molecule has 2 aromatic rings. The number of benzene rings is 1. The number of phenols is 1. The molecule has 3 aliphatic rings. The summed E-state index contributed by atoms with van der Waals surface area (Å²) in [6.07, 6.45) is 9.31. The first kappa shape index (κ1) is 18.0. The van der Waals surface area contributed by atoms with Gasteiger partial charge in [-0.15, -0.1) is 0 Å². The number of fused-ring (bicyclic) bond motifs is 3. The molecule has 0 aliphatic heterocycles. The number of amides is 1. The first-order valence-electron chi connectivity index (χ1n) is 10.8. The number of hydrogen-bond acceptors (Lipinski definition) is 4. The molecular formula is C22H30N4O2. The van der Waals surface area contributed by atoms with Crippen LogP contribution in [0.2, 0.25) is 0 Å². The molecule has 1 heterocycles. The predicted octanol–water partition coefficient (Wildman–Crippen LogP) is 3.42. The Morgan fingerprint density at radius 1 is 1.18 bits per heavy atom. The van der Waals surface area contributed by atoms with Gasteiger partial charge < -0.3 is 21.1 Å². The highest BCUT2D eigenvalue weighted by atomic mass is 16.3. The Labute approximate surface area is 165 Å². The van der Waals surface area contributed by atoms with Gasteiger partial charge in [0.1, 0.15) is 22.6 Å². The summed E-state index contributed by atoms with van der Waals surface area (Å²) in [7, 11) is 0. The number of aromatic nitrogens is 2. The molecule has 1 aromatic heterocycles. The van der Waals surface area contributed by atoms with Crippen molar-refractivity contribution in [2.75, 3.05) is 6.54 Å². The van der Waals surface area contributed by atoms with Crippen LogP contribution in [0.25, 0.3) is 11.0 Å². The van der Waals surface area contributed by atoms with Crippen molar-refractivity contribution >= 4 is 16.9 Å². The van der Waals surface area contributed by atoms with E-state index in [1.165, 1.54) is 25.7 Å². The molecule has 0 spiro atoms. The van der Waals surface area contributed by atoms with E-state index in [0.29, 0.717) is 46.9 Å². The molecule has 3 aliphatic carbocycles. The third kappa shape index (κ3) is 3.17. The lowest BCUT2D eigenvalue weighted by molar-refractivity contribution is 0.0944. The fourth-order valence-corrected chi connectivity index (χ4v) is 5.76. The van der Waals surface area contributed by atoms with Crippen LogP contribution in [0.3, 0.4) is 0 Å². The van der Waals surface area contributed by atoms with E-state index in [-0.39, 0.29) is 11.7 Å². The van der Waals surface area contributed by atoms with E-state index in [1.807, 2.05) is 0 Å². The molecule has 3 fully saturated rings. The van der Waals surface area contributed by atoms with Crippen molar-refractivity contribution in [1.29, 1.82) is 0 Å². The number of hydrogen-bond donors (Lipinski definition) is 4. The minimum atomic E-state index is -0.106. The summed E-state index contributed by atoms with van der Waals surface area (Å²) in [6.45, 7) is 0.678. The summed E-state index contributed by atoms with van der Waals surface area (Å²) in [5.41, 5.74) is 7.71. The van der Waals surface area contributed by atoms with E-state index in [9.17, 15) is 9.90 Å². The number of phenolic OH excluding ortho intramolecular Hbond substituents is 1. The Bertz CT molecular complexity index is 884. The Morgan fingerprint density at radius 2 is 2.00 bits per heavy atom. The lowest BCUT2D eigenvalue weighted by Gasteiger charge is -2.26. The van der Waals surface area contributed by atoms with Crippen LogP contribution in [0.5, 0.6) is 5.75 Å². The second-order valence-corrected chi connectivity index (χ2v) is 9.25. The van der Waals surface area contributed by atoms with Crippen molar-refractivity contribution in [3.05, 3.63) is 23.5 Å². The van der Waals surface area contributed by atoms with Crippen LogP contribution in [0.1, 0.15) is 73.5 Å². The van der Waals surface area contributed by atoms with Gasteiger partial charge in [0.15, 0.2) is 0 Å². The van der Waals surface area contributed by atoms with Crippen LogP contribution in [0.15, 0.2) is 12.1 Å². The molecule has 6 heteroatoms. The minimum absolute atomic E-state index is 0.106. The number of aromatic amines is 1. The zero-order valence-electron chi connectivity index (χ0n) is 16.3. The Kier molecular flexibility index (Phi) is 4.54. The van der Waals surface area contributed by atoms with Gasteiger partial charge in [-0.1, -0.05) is 6.42 Å². The molecule has 3 saturated carbocycles. The van der Waals surface area contributed by atoms with Gasteiger partial charge in [-0.2, -0.15) is 0 Å². The van der Waals surface area contributed by atoms with Crippen molar-refractivity contribution in [2.45, 2.75) is 63.3 Å². The second-order valence-electron chi connectivity index (χ2n) is 9.25. The van der Waals surface area contributed by atoms with Crippen LogP contribution in [-0.2, 0) is 0 Å². The fraction of sp³-hybridized carbons (Fsp3) is 0.636. The summed E-state index contributed by atoms with van der Waals surface area (Å²) >= 11 is 0. The van der Waals surface area contributed by atoms with Gasteiger partial charge in [-0.25, -0.2) is 4.98 Å². The number of rotatable bonds is 4. The van der Waals surface area contributed by atoms with Crippen molar-refractivity contribution < 1.29 is 9.90 Å². The number of nitrogens with zero attached hydrogens (tertiary/aromatic N) is 1. The number of aromatic hydroxyl groups is 1. The van der Waals surface area contributed by atoms with E-state index in [4.69, 9.17) is 10.7 Å². The molecule has 6 nitrogen and oxygen atoms in total. The number of carbonyl (C=O) groups excluding carboxylic acids is 1. The molecule has 1 aromatic carbocycles. The van der Waals surface area contributed by atoms with Crippen LogP contribution in [0, 0.1) is 17.8 Å². The molecule has 0 saturated heterocycles. The summed E-state index contributed by atoms with van der Waals surface area (Å²) < 4.78 is 0. The Morgan fingerprint density at radius 3 is 2.71 bits per heavy atom. The minimum Gasteiger partial charge on any atom is -0.506 e. The van der Waals surface area contributed by atoms with Crippen molar-refractivity contribution in [2.24, 2.45) is 23.5 Å². The molecule has 3 atom stereocenters. The molecule has 150 valence electrons. The lowest BCUT2D eigenvalue weighted by Crippen LogP contribution is -2.34. The Hall–Kier alpha value is -2.08. The largest absolute Gasteiger partial charge is 0.506 e. The van der Waals surface area contributed by atoms with Gasteiger partial charge in [-0.3, -0.25) is 4.79 Å². The first-order valence-corrected chi connectivity index (χ1v) is 10.8.